The predicted molar refractivity (Wildman–Crippen MR) is 38.5 cm³/mol. The highest BCUT2D eigenvalue weighted by atomic mass is 16.3. The lowest BCUT2D eigenvalue weighted by atomic mass is 10.3. The summed E-state index contributed by atoms with van der Waals surface area (Å²) in [4.78, 5) is 8.36. The standard InChI is InChI=1S/C6H6O2.CH2O2/c7-5-1-2-6(8)4-3-5;2-1-3/h1-4,7-8H;1H,(H,2,3). The average Bonchev–Trinajstić information content (AvgIpc) is 1.97. The molecule has 0 aliphatic heterocycles. The highest BCUT2D eigenvalue weighted by molar-refractivity contribution is 5.32. The van der Waals surface area contributed by atoms with E-state index in [1.165, 1.54) is 24.3 Å². The van der Waals surface area contributed by atoms with Crippen LogP contribution in [0.3, 0.4) is 0 Å². The first-order chi connectivity index (χ1) is 5.20. The van der Waals surface area contributed by atoms with Gasteiger partial charge in [0.25, 0.3) is 6.47 Å². The second-order valence-corrected chi connectivity index (χ2v) is 1.62. The Morgan fingerprint density at radius 1 is 1.00 bits per heavy atom. The zero-order valence-corrected chi connectivity index (χ0v) is 5.64. The van der Waals surface area contributed by atoms with Crippen molar-refractivity contribution in [1.29, 1.82) is 0 Å². The van der Waals surface area contributed by atoms with Gasteiger partial charge < -0.3 is 15.3 Å². The van der Waals surface area contributed by atoms with Crippen molar-refractivity contribution in [2.24, 2.45) is 0 Å². The maximum atomic E-state index is 8.65. The number of hydrogen-bond acceptors (Lipinski definition) is 3. The number of aromatic hydroxyl groups is 2. The van der Waals surface area contributed by atoms with Crippen LogP contribution in [0.25, 0.3) is 0 Å². The van der Waals surface area contributed by atoms with Gasteiger partial charge in [0.05, 0.1) is 0 Å². The molecule has 0 saturated heterocycles. The van der Waals surface area contributed by atoms with Crippen LogP contribution < -0.4 is 0 Å². The Morgan fingerprint density at radius 3 is 1.36 bits per heavy atom. The lowest BCUT2D eigenvalue weighted by Crippen LogP contribution is -1.61. The first kappa shape index (κ1) is 9.29. The molecule has 1 rings (SSSR count). The topological polar surface area (TPSA) is 77.8 Å². The fraction of sp³-hybridized carbons (Fsp3) is 0. The van der Waals surface area contributed by atoms with E-state index in [4.69, 9.17) is 20.1 Å². The normalized spacial score (nSPS) is 7.64. The number of phenolic OH excluding ortho intramolecular Hbond substituents is 2. The summed E-state index contributed by atoms with van der Waals surface area (Å²) in [5.41, 5.74) is 0. The van der Waals surface area contributed by atoms with Gasteiger partial charge >= 0.3 is 0 Å². The van der Waals surface area contributed by atoms with E-state index in [1.807, 2.05) is 0 Å². The van der Waals surface area contributed by atoms with Crippen molar-refractivity contribution in [2.75, 3.05) is 0 Å². The Kier molecular flexibility index (Phi) is 4.31. The quantitative estimate of drug-likeness (QED) is 0.383. The molecule has 4 nitrogen and oxygen atoms in total. The second-order valence-electron chi connectivity index (χ2n) is 1.62. The first-order valence-corrected chi connectivity index (χ1v) is 2.76. The van der Waals surface area contributed by atoms with Gasteiger partial charge in [0.1, 0.15) is 11.5 Å². The molecule has 1 aromatic carbocycles. The molecule has 0 heterocycles. The van der Waals surface area contributed by atoms with Crippen molar-refractivity contribution in [3.8, 4) is 11.5 Å². The Bertz CT molecular complexity index is 183. The molecule has 0 aliphatic rings. The van der Waals surface area contributed by atoms with Crippen LogP contribution in [-0.2, 0) is 4.79 Å². The molecule has 4 heteroatoms. The van der Waals surface area contributed by atoms with Crippen LogP contribution in [0.1, 0.15) is 0 Å². The summed E-state index contributed by atoms with van der Waals surface area (Å²) in [6, 6.07) is 5.70. The fourth-order valence-corrected chi connectivity index (χ4v) is 0.453. The molecule has 1 aromatic rings. The van der Waals surface area contributed by atoms with Crippen molar-refractivity contribution in [3.63, 3.8) is 0 Å². The molecule has 0 atom stereocenters. The van der Waals surface area contributed by atoms with Gasteiger partial charge in [0.15, 0.2) is 0 Å². The third-order valence-corrected chi connectivity index (χ3v) is 0.850. The highest BCUT2D eigenvalue weighted by Crippen LogP contribution is 2.13. The second kappa shape index (κ2) is 5.10. The molecule has 0 fully saturated rings. The van der Waals surface area contributed by atoms with Crippen molar-refractivity contribution >= 4 is 6.47 Å². The van der Waals surface area contributed by atoms with Gasteiger partial charge in [0, 0.05) is 0 Å². The van der Waals surface area contributed by atoms with E-state index >= 15 is 0 Å². The van der Waals surface area contributed by atoms with Crippen LogP contribution in [0.15, 0.2) is 24.3 Å². The third-order valence-electron chi connectivity index (χ3n) is 0.850. The molecule has 0 saturated carbocycles. The SMILES string of the molecule is O=CO.Oc1ccc(O)cc1. The minimum absolute atomic E-state index is 0.169. The van der Waals surface area contributed by atoms with Crippen LogP contribution in [-0.4, -0.2) is 21.8 Å². The Hall–Kier alpha value is -1.71. The molecule has 0 aliphatic carbocycles. The molecule has 0 unspecified atom stereocenters. The first-order valence-electron chi connectivity index (χ1n) is 2.76. The van der Waals surface area contributed by atoms with Gasteiger partial charge in [0.2, 0.25) is 0 Å². The fourth-order valence-electron chi connectivity index (χ4n) is 0.453. The van der Waals surface area contributed by atoms with Gasteiger partial charge in [-0.2, -0.15) is 0 Å². The molecule has 0 radical (unpaired) electrons. The lowest BCUT2D eigenvalue weighted by molar-refractivity contribution is -0.122. The van der Waals surface area contributed by atoms with Crippen LogP contribution in [0.4, 0.5) is 0 Å². The Labute approximate surface area is 63.3 Å². The smallest absolute Gasteiger partial charge is 0.290 e. The minimum atomic E-state index is -0.250. The molecular weight excluding hydrogens is 148 g/mol. The summed E-state index contributed by atoms with van der Waals surface area (Å²) in [7, 11) is 0. The van der Waals surface area contributed by atoms with Crippen LogP contribution in [0.5, 0.6) is 11.5 Å². The molecule has 11 heavy (non-hydrogen) atoms. The zero-order valence-electron chi connectivity index (χ0n) is 5.64. The highest BCUT2D eigenvalue weighted by Gasteiger charge is 1.84. The molecule has 3 N–H and O–H groups in total. The monoisotopic (exact) mass is 156 g/mol. The summed E-state index contributed by atoms with van der Waals surface area (Å²) in [6.45, 7) is -0.250. The Balaban J connectivity index is 0.000000292. The van der Waals surface area contributed by atoms with Crippen molar-refractivity contribution < 1.29 is 20.1 Å². The zero-order chi connectivity index (χ0) is 8.69. The van der Waals surface area contributed by atoms with E-state index in [9.17, 15) is 0 Å². The number of hydrogen-bond donors (Lipinski definition) is 3. The van der Waals surface area contributed by atoms with Gasteiger partial charge in [-0.05, 0) is 24.3 Å². The van der Waals surface area contributed by atoms with Crippen molar-refractivity contribution in [3.05, 3.63) is 24.3 Å². The molecule has 60 valence electrons. The van der Waals surface area contributed by atoms with Crippen molar-refractivity contribution in [2.45, 2.75) is 0 Å². The maximum absolute atomic E-state index is 8.65. The summed E-state index contributed by atoms with van der Waals surface area (Å²) >= 11 is 0. The van der Waals surface area contributed by atoms with Gasteiger partial charge in [-0.25, -0.2) is 0 Å². The summed E-state index contributed by atoms with van der Waals surface area (Å²) in [6.07, 6.45) is 0. The Morgan fingerprint density at radius 2 is 1.18 bits per heavy atom. The van der Waals surface area contributed by atoms with Crippen LogP contribution in [0.2, 0.25) is 0 Å². The van der Waals surface area contributed by atoms with Crippen molar-refractivity contribution in [1.82, 2.24) is 0 Å². The summed E-state index contributed by atoms with van der Waals surface area (Å²) in [5, 5.41) is 24.2. The maximum Gasteiger partial charge on any atom is 0.290 e. The summed E-state index contributed by atoms with van der Waals surface area (Å²) < 4.78 is 0. The number of carbonyl (C=O) groups is 1. The predicted octanol–water partition coefficient (Wildman–Crippen LogP) is 0.799. The molecule has 0 aromatic heterocycles. The van der Waals surface area contributed by atoms with E-state index in [-0.39, 0.29) is 18.0 Å². The van der Waals surface area contributed by atoms with Crippen LogP contribution in [0, 0.1) is 0 Å². The van der Waals surface area contributed by atoms with E-state index in [0.717, 1.165) is 0 Å². The number of rotatable bonds is 0. The lowest BCUT2D eigenvalue weighted by Gasteiger charge is -1.88. The molecule has 0 amide bonds. The largest absolute Gasteiger partial charge is 0.508 e. The van der Waals surface area contributed by atoms with E-state index in [1.54, 1.807) is 0 Å². The number of phenols is 2. The number of benzene rings is 1. The molecular formula is C7H8O4. The third kappa shape index (κ3) is 4.77. The molecule has 0 spiro atoms. The molecule has 0 bridgehead atoms. The van der Waals surface area contributed by atoms with E-state index in [2.05, 4.69) is 0 Å². The van der Waals surface area contributed by atoms with Gasteiger partial charge in [-0.15, -0.1) is 0 Å². The average molecular weight is 156 g/mol. The van der Waals surface area contributed by atoms with E-state index < -0.39 is 0 Å². The van der Waals surface area contributed by atoms with Gasteiger partial charge in [-0.1, -0.05) is 0 Å². The van der Waals surface area contributed by atoms with E-state index in [0.29, 0.717) is 0 Å². The van der Waals surface area contributed by atoms with Gasteiger partial charge in [-0.3, -0.25) is 4.79 Å². The van der Waals surface area contributed by atoms with Crippen LogP contribution >= 0.6 is 0 Å². The number of carboxylic acid groups (broad SMARTS) is 1. The minimum Gasteiger partial charge on any atom is -0.508 e. The summed E-state index contributed by atoms with van der Waals surface area (Å²) in [5.74, 6) is 0.339.